The van der Waals surface area contributed by atoms with E-state index in [1.54, 1.807) is 0 Å². The summed E-state index contributed by atoms with van der Waals surface area (Å²) >= 11 is 0. The highest BCUT2D eigenvalue weighted by molar-refractivity contribution is 5.83. The molecule has 0 radical (unpaired) electrons. The van der Waals surface area contributed by atoms with E-state index in [-0.39, 0.29) is 17.4 Å². The van der Waals surface area contributed by atoms with Gasteiger partial charge in [0.25, 0.3) is 0 Å². The second-order valence-electron chi connectivity index (χ2n) is 6.01. The first-order chi connectivity index (χ1) is 8.66. The van der Waals surface area contributed by atoms with Crippen LogP contribution in [0, 0.1) is 11.3 Å². The van der Waals surface area contributed by atoms with Gasteiger partial charge in [-0.05, 0) is 44.4 Å². The van der Waals surface area contributed by atoms with Crippen molar-refractivity contribution in [1.29, 1.82) is 0 Å². The lowest BCUT2D eigenvalue weighted by atomic mass is 9.70. The van der Waals surface area contributed by atoms with Crippen LogP contribution in [-0.4, -0.2) is 31.7 Å². The van der Waals surface area contributed by atoms with Crippen molar-refractivity contribution in [1.82, 2.24) is 5.32 Å². The predicted molar refractivity (Wildman–Crippen MR) is 71.1 cm³/mol. The summed E-state index contributed by atoms with van der Waals surface area (Å²) in [7, 11) is 0. The molecule has 2 aliphatic rings. The molecule has 0 aromatic heterocycles. The standard InChI is InChI=1S/C14H26N2O2/c1-11-4-6-14(10-15,7-5-11)13(17)16-9-12-3-2-8-18-12/h11-12H,2-10,15H2,1H3,(H,16,17). The van der Waals surface area contributed by atoms with Gasteiger partial charge in [-0.2, -0.15) is 0 Å². The Bertz CT molecular complexity index is 280. The molecule has 1 saturated carbocycles. The van der Waals surface area contributed by atoms with Gasteiger partial charge in [-0.1, -0.05) is 6.92 Å². The maximum Gasteiger partial charge on any atom is 0.227 e. The largest absolute Gasteiger partial charge is 0.376 e. The summed E-state index contributed by atoms with van der Waals surface area (Å²) in [5.74, 6) is 0.878. The highest BCUT2D eigenvalue weighted by Crippen LogP contribution is 2.38. The molecular weight excluding hydrogens is 228 g/mol. The van der Waals surface area contributed by atoms with Gasteiger partial charge in [-0.15, -0.1) is 0 Å². The van der Waals surface area contributed by atoms with Gasteiger partial charge < -0.3 is 15.8 Å². The third-order valence-electron chi connectivity index (χ3n) is 4.62. The van der Waals surface area contributed by atoms with Crippen LogP contribution in [0.15, 0.2) is 0 Å². The van der Waals surface area contributed by atoms with Gasteiger partial charge in [-0.25, -0.2) is 0 Å². The van der Waals surface area contributed by atoms with E-state index in [1.165, 1.54) is 0 Å². The molecule has 4 nitrogen and oxygen atoms in total. The normalized spacial score (nSPS) is 36.6. The monoisotopic (exact) mass is 254 g/mol. The van der Waals surface area contributed by atoms with Gasteiger partial charge in [0, 0.05) is 19.7 Å². The van der Waals surface area contributed by atoms with Crippen LogP contribution in [0.3, 0.4) is 0 Å². The molecule has 4 heteroatoms. The van der Waals surface area contributed by atoms with E-state index in [0.717, 1.165) is 51.0 Å². The number of carbonyl (C=O) groups excluding carboxylic acids is 1. The van der Waals surface area contributed by atoms with E-state index in [0.29, 0.717) is 13.1 Å². The van der Waals surface area contributed by atoms with Crippen molar-refractivity contribution in [2.75, 3.05) is 19.7 Å². The Hall–Kier alpha value is -0.610. The fourth-order valence-corrected chi connectivity index (χ4v) is 3.04. The second-order valence-corrected chi connectivity index (χ2v) is 6.01. The van der Waals surface area contributed by atoms with E-state index in [2.05, 4.69) is 12.2 Å². The van der Waals surface area contributed by atoms with E-state index in [9.17, 15) is 4.79 Å². The van der Waals surface area contributed by atoms with Crippen molar-refractivity contribution in [2.24, 2.45) is 17.1 Å². The molecule has 18 heavy (non-hydrogen) atoms. The van der Waals surface area contributed by atoms with Gasteiger partial charge in [0.2, 0.25) is 5.91 Å². The quantitative estimate of drug-likeness (QED) is 0.798. The first-order valence-electron chi connectivity index (χ1n) is 7.26. The third-order valence-corrected chi connectivity index (χ3v) is 4.62. The SMILES string of the molecule is CC1CCC(CN)(C(=O)NCC2CCCO2)CC1. The highest BCUT2D eigenvalue weighted by atomic mass is 16.5. The van der Waals surface area contributed by atoms with E-state index in [4.69, 9.17) is 10.5 Å². The van der Waals surface area contributed by atoms with Gasteiger partial charge in [0.15, 0.2) is 0 Å². The fraction of sp³-hybridized carbons (Fsp3) is 0.929. The van der Waals surface area contributed by atoms with Crippen LogP contribution < -0.4 is 11.1 Å². The molecule has 1 aliphatic heterocycles. The molecule has 1 atom stereocenters. The zero-order valence-corrected chi connectivity index (χ0v) is 11.4. The Morgan fingerprint density at radius 3 is 2.67 bits per heavy atom. The summed E-state index contributed by atoms with van der Waals surface area (Å²) in [4.78, 5) is 12.4. The van der Waals surface area contributed by atoms with E-state index in [1.807, 2.05) is 0 Å². The van der Waals surface area contributed by atoms with Crippen LogP contribution >= 0.6 is 0 Å². The Labute approximate surface area is 110 Å². The summed E-state index contributed by atoms with van der Waals surface area (Å²) in [6.45, 7) is 4.21. The molecule has 1 amide bonds. The molecule has 0 aromatic rings. The van der Waals surface area contributed by atoms with Crippen molar-refractivity contribution in [3.05, 3.63) is 0 Å². The topological polar surface area (TPSA) is 64.4 Å². The summed E-state index contributed by atoms with van der Waals surface area (Å²) < 4.78 is 5.53. The molecule has 2 rings (SSSR count). The molecule has 1 heterocycles. The molecule has 0 spiro atoms. The minimum Gasteiger partial charge on any atom is -0.376 e. The molecule has 0 bridgehead atoms. The van der Waals surface area contributed by atoms with Crippen LogP contribution in [0.2, 0.25) is 0 Å². The lowest BCUT2D eigenvalue weighted by molar-refractivity contribution is -0.133. The van der Waals surface area contributed by atoms with Gasteiger partial charge in [0.1, 0.15) is 0 Å². The number of hydrogen-bond acceptors (Lipinski definition) is 3. The Morgan fingerprint density at radius 2 is 2.11 bits per heavy atom. The van der Waals surface area contributed by atoms with Gasteiger partial charge in [0.05, 0.1) is 11.5 Å². The summed E-state index contributed by atoms with van der Waals surface area (Å²) in [5.41, 5.74) is 5.56. The maximum absolute atomic E-state index is 12.4. The van der Waals surface area contributed by atoms with Crippen LogP contribution in [0.5, 0.6) is 0 Å². The first kappa shape index (κ1) is 13.8. The number of nitrogens with two attached hydrogens (primary N) is 1. The molecule has 1 aliphatic carbocycles. The molecule has 1 unspecified atom stereocenters. The Morgan fingerprint density at radius 1 is 1.39 bits per heavy atom. The number of rotatable bonds is 4. The lowest BCUT2D eigenvalue weighted by Gasteiger charge is -2.37. The summed E-state index contributed by atoms with van der Waals surface area (Å²) in [6, 6.07) is 0. The Balaban J connectivity index is 1.84. The van der Waals surface area contributed by atoms with Crippen LogP contribution in [0.25, 0.3) is 0 Å². The molecule has 2 fully saturated rings. The van der Waals surface area contributed by atoms with Gasteiger partial charge in [-0.3, -0.25) is 4.79 Å². The fourth-order valence-electron chi connectivity index (χ4n) is 3.04. The predicted octanol–water partition coefficient (Wildman–Crippen LogP) is 1.44. The molecule has 1 saturated heterocycles. The lowest BCUT2D eigenvalue weighted by Crippen LogP contribution is -2.49. The highest BCUT2D eigenvalue weighted by Gasteiger charge is 2.39. The molecular formula is C14H26N2O2. The minimum absolute atomic E-state index is 0.146. The molecule has 0 aromatic carbocycles. The first-order valence-corrected chi connectivity index (χ1v) is 7.26. The second kappa shape index (κ2) is 6.02. The average molecular weight is 254 g/mol. The van der Waals surface area contributed by atoms with Crippen molar-refractivity contribution in [3.8, 4) is 0 Å². The van der Waals surface area contributed by atoms with Crippen molar-refractivity contribution < 1.29 is 9.53 Å². The molecule has 104 valence electrons. The third kappa shape index (κ3) is 3.04. The zero-order valence-electron chi connectivity index (χ0n) is 11.4. The van der Waals surface area contributed by atoms with Gasteiger partial charge >= 0.3 is 0 Å². The minimum atomic E-state index is -0.314. The van der Waals surface area contributed by atoms with E-state index < -0.39 is 0 Å². The summed E-state index contributed by atoms with van der Waals surface area (Å²) in [5, 5.41) is 3.06. The number of hydrogen-bond donors (Lipinski definition) is 2. The van der Waals surface area contributed by atoms with Crippen molar-refractivity contribution in [3.63, 3.8) is 0 Å². The molecule has 3 N–H and O–H groups in total. The number of ether oxygens (including phenoxy) is 1. The van der Waals surface area contributed by atoms with E-state index >= 15 is 0 Å². The average Bonchev–Trinajstić information content (AvgIpc) is 2.90. The van der Waals surface area contributed by atoms with Crippen LogP contribution in [-0.2, 0) is 9.53 Å². The van der Waals surface area contributed by atoms with Crippen molar-refractivity contribution in [2.45, 2.75) is 51.6 Å². The smallest absolute Gasteiger partial charge is 0.227 e. The van der Waals surface area contributed by atoms with Crippen LogP contribution in [0.4, 0.5) is 0 Å². The Kier molecular flexibility index (Phi) is 4.62. The summed E-state index contributed by atoms with van der Waals surface area (Å²) in [6.07, 6.45) is 6.48. The number of amides is 1. The van der Waals surface area contributed by atoms with Crippen LogP contribution in [0.1, 0.15) is 45.4 Å². The maximum atomic E-state index is 12.4. The zero-order chi connectivity index (χ0) is 13.0. The number of carbonyl (C=O) groups is 1. The van der Waals surface area contributed by atoms with Crippen molar-refractivity contribution >= 4 is 5.91 Å². The number of nitrogens with one attached hydrogen (secondary N) is 1.